The average molecular weight is 407 g/mol. The number of pyridine rings is 1. The molecule has 0 fully saturated rings. The van der Waals surface area contributed by atoms with E-state index in [4.69, 9.17) is 9.84 Å². The maximum atomic E-state index is 5.69. The SMILES string of the molecule is COc1cc2ncnc(-c3cn(C)nc3-c3ccccc3)c2cc1-c1ccnc(C)c1. The molecule has 0 saturated carbocycles. The fraction of sp³-hybridized carbons (Fsp3) is 0.120. The van der Waals surface area contributed by atoms with E-state index in [1.807, 2.05) is 67.4 Å². The molecule has 0 saturated heterocycles. The Balaban J connectivity index is 1.78. The molecule has 3 heterocycles. The molecule has 6 nitrogen and oxygen atoms in total. The van der Waals surface area contributed by atoms with E-state index in [1.165, 1.54) is 0 Å². The highest BCUT2D eigenvalue weighted by Crippen LogP contribution is 2.38. The zero-order valence-corrected chi connectivity index (χ0v) is 17.6. The molecule has 5 aromatic rings. The molecule has 0 atom stereocenters. The summed E-state index contributed by atoms with van der Waals surface area (Å²) in [4.78, 5) is 13.5. The van der Waals surface area contributed by atoms with Crippen LogP contribution in [0.2, 0.25) is 0 Å². The van der Waals surface area contributed by atoms with Crippen molar-refractivity contribution in [3.8, 4) is 39.4 Å². The van der Waals surface area contributed by atoms with E-state index >= 15 is 0 Å². The summed E-state index contributed by atoms with van der Waals surface area (Å²) in [5, 5.41) is 5.66. The number of methoxy groups -OCH3 is 1. The zero-order valence-electron chi connectivity index (χ0n) is 17.6. The highest BCUT2D eigenvalue weighted by molar-refractivity contribution is 5.99. The molecule has 152 valence electrons. The lowest BCUT2D eigenvalue weighted by Crippen LogP contribution is -1.94. The van der Waals surface area contributed by atoms with Crippen molar-refractivity contribution >= 4 is 10.9 Å². The molecule has 0 spiro atoms. The van der Waals surface area contributed by atoms with Gasteiger partial charge < -0.3 is 4.74 Å². The summed E-state index contributed by atoms with van der Waals surface area (Å²) in [6, 6.07) is 18.2. The summed E-state index contributed by atoms with van der Waals surface area (Å²) in [7, 11) is 3.60. The monoisotopic (exact) mass is 407 g/mol. The molecule has 0 aliphatic heterocycles. The third kappa shape index (κ3) is 3.42. The molecule has 0 unspecified atom stereocenters. The zero-order chi connectivity index (χ0) is 21.4. The topological polar surface area (TPSA) is 65.7 Å². The first kappa shape index (κ1) is 18.9. The summed E-state index contributed by atoms with van der Waals surface area (Å²) in [5.41, 5.74) is 7.51. The molecule has 0 aliphatic rings. The lowest BCUT2D eigenvalue weighted by atomic mass is 9.98. The fourth-order valence-corrected chi connectivity index (χ4v) is 3.88. The quantitative estimate of drug-likeness (QED) is 0.416. The highest BCUT2D eigenvalue weighted by Gasteiger charge is 2.18. The van der Waals surface area contributed by atoms with Gasteiger partial charge in [0.05, 0.1) is 18.3 Å². The Morgan fingerprint density at radius 1 is 0.839 bits per heavy atom. The van der Waals surface area contributed by atoms with Gasteiger partial charge in [0.25, 0.3) is 0 Å². The van der Waals surface area contributed by atoms with Crippen LogP contribution in [0, 0.1) is 6.92 Å². The third-order valence-electron chi connectivity index (χ3n) is 5.30. The number of hydrogen-bond acceptors (Lipinski definition) is 5. The van der Waals surface area contributed by atoms with Crippen LogP contribution in [0.3, 0.4) is 0 Å². The number of rotatable bonds is 4. The van der Waals surface area contributed by atoms with Crippen molar-refractivity contribution in [3.63, 3.8) is 0 Å². The van der Waals surface area contributed by atoms with Crippen molar-refractivity contribution in [2.75, 3.05) is 7.11 Å². The van der Waals surface area contributed by atoms with Crippen LogP contribution in [-0.2, 0) is 7.05 Å². The second-order valence-corrected chi connectivity index (χ2v) is 7.41. The summed E-state index contributed by atoms with van der Waals surface area (Å²) >= 11 is 0. The lowest BCUT2D eigenvalue weighted by molar-refractivity contribution is 0.417. The predicted molar refractivity (Wildman–Crippen MR) is 122 cm³/mol. The van der Waals surface area contributed by atoms with Gasteiger partial charge in [-0.25, -0.2) is 9.97 Å². The number of hydrogen-bond donors (Lipinski definition) is 0. The minimum Gasteiger partial charge on any atom is -0.496 e. The van der Waals surface area contributed by atoms with Crippen LogP contribution in [-0.4, -0.2) is 31.8 Å². The molecule has 0 aliphatic carbocycles. The standard InChI is InChI=1S/C25H21N5O/c1-16-11-18(9-10-26-16)19-12-20-22(13-23(19)31-3)27-15-28-25(20)21-14-30(2)29-24(21)17-7-5-4-6-8-17/h4-15H,1-3H3. The largest absolute Gasteiger partial charge is 0.496 e. The molecule has 0 amide bonds. The van der Waals surface area contributed by atoms with E-state index in [2.05, 4.69) is 33.2 Å². The predicted octanol–water partition coefficient (Wildman–Crippen LogP) is 5.08. The lowest BCUT2D eigenvalue weighted by Gasteiger charge is -2.13. The van der Waals surface area contributed by atoms with Gasteiger partial charge in [0.2, 0.25) is 0 Å². The van der Waals surface area contributed by atoms with Crippen molar-refractivity contribution in [1.82, 2.24) is 24.7 Å². The number of fused-ring (bicyclic) bond motifs is 1. The van der Waals surface area contributed by atoms with Gasteiger partial charge in [-0.05, 0) is 30.7 Å². The van der Waals surface area contributed by atoms with Crippen molar-refractivity contribution < 1.29 is 4.74 Å². The van der Waals surface area contributed by atoms with Crippen LogP contribution >= 0.6 is 0 Å². The second kappa shape index (κ2) is 7.65. The van der Waals surface area contributed by atoms with Gasteiger partial charge in [0.1, 0.15) is 17.8 Å². The summed E-state index contributed by atoms with van der Waals surface area (Å²) < 4.78 is 7.51. The number of ether oxygens (including phenoxy) is 1. The Hall–Kier alpha value is -4.06. The Bertz CT molecular complexity index is 1390. The fourth-order valence-electron chi connectivity index (χ4n) is 3.88. The first-order valence-electron chi connectivity index (χ1n) is 9.99. The first-order chi connectivity index (χ1) is 15.1. The van der Waals surface area contributed by atoms with Crippen LogP contribution in [0.25, 0.3) is 44.5 Å². The summed E-state index contributed by atoms with van der Waals surface area (Å²) in [6.45, 7) is 1.98. The van der Waals surface area contributed by atoms with Crippen molar-refractivity contribution in [2.24, 2.45) is 7.05 Å². The van der Waals surface area contributed by atoms with Gasteiger partial charge in [-0.3, -0.25) is 9.67 Å². The normalized spacial score (nSPS) is 11.1. The Labute approximate surface area is 180 Å². The molecule has 0 N–H and O–H groups in total. The van der Waals surface area contributed by atoms with E-state index in [-0.39, 0.29) is 0 Å². The van der Waals surface area contributed by atoms with Crippen molar-refractivity contribution in [3.05, 3.63) is 79.0 Å². The molecule has 0 radical (unpaired) electrons. The van der Waals surface area contributed by atoms with E-state index in [0.717, 1.165) is 56.0 Å². The van der Waals surface area contributed by atoms with E-state index in [0.29, 0.717) is 0 Å². The number of nitrogens with zero attached hydrogens (tertiary/aromatic N) is 5. The smallest absolute Gasteiger partial charge is 0.128 e. The van der Waals surface area contributed by atoms with Gasteiger partial charge in [0.15, 0.2) is 0 Å². The highest BCUT2D eigenvalue weighted by atomic mass is 16.5. The Morgan fingerprint density at radius 3 is 2.45 bits per heavy atom. The van der Waals surface area contributed by atoms with E-state index in [1.54, 1.807) is 13.4 Å². The third-order valence-corrected chi connectivity index (χ3v) is 5.30. The number of aromatic nitrogens is 5. The minimum absolute atomic E-state index is 0.761. The molecular formula is C25H21N5O. The summed E-state index contributed by atoms with van der Waals surface area (Å²) in [6.07, 6.45) is 5.41. The van der Waals surface area contributed by atoms with Crippen LogP contribution in [0.1, 0.15) is 5.69 Å². The molecule has 2 aromatic carbocycles. The first-order valence-corrected chi connectivity index (χ1v) is 9.99. The Morgan fingerprint density at radius 2 is 1.68 bits per heavy atom. The molecule has 0 bridgehead atoms. The van der Waals surface area contributed by atoms with Crippen LogP contribution in [0.4, 0.5) is 0 Å². The Kier molecular flexibility index (Phi) is 4.67. The maximum absolute atomic E-state index is 5.69. The van der Waals surface area contributed by atoms with Gasteiger partial charge in [0, 0.05) is 53.3 Å². The number of benzene rings is 2. The number of aryl methyl sites for hydroxylation is 2. The van der Waals surface area contributed by atoms with Gasteiger partial charge in [-0.15, -0.1) is 0 Å². The second-order valence-electron chi connectivity index (χ2n) is 7.41. The van der Waals surface area contributed by atoms with Crippen LogP contribution in [0.5, 0.6) is 5.75 Å². The molecular weight excluding hydrogens is 386 g/mol. The molecule has 5 rings (SSSR count). The van der Waals surface area contributed by atoms with Crippen molar-refractivity contribution in [2.45, 2.75) is 6.92 Å². The molecule has 3 aromatic heterocycles. The van der Waals surface area contributed by atoms with Gasteiger partial charge >= 0.3 is 0 Å². The van der Waals surface area contributed by atoms with Gasteiger partial charge in [-0.2, -0.15) is 5.10 Å². The average Bonchev–Trinajstić information content (AvgIpc) is 3.19. The van der Waals surface area contributed by atoms with Gasteiger partial charge in [-0.1, -0.05) is 30.3 Å². The van der Waals surface area contributed by atoms with E-state index < -0.39 is 0 Å². The van der Waals surface area contributed by atoms with Crippen molar-refractivity contribution in [1.29, 1.82) is 0 Å². The maximum Gasteiger partial charge on any atom is 0.128 e. The summed E-state index contributed by atoms with van der Waals surface area (Å²) in [5.74, 6) is 0.761. The van der Waals surface area contributed by atoms with Crippen LogP contribution in [0.15, 0.2) is 73.3 Å². The molecule has 31 heavy (non-hydrogen) atoms. The van der Waals surface area contributed by atoms with E-state index in [9.17, 15) is 0 Å². The van der Waals surface area contributed by atoms with Crippen LogP contribution < -0.4 is 4.74 Å². The molecule has 6 heteroatoms. The minimum atomic E-state index is 0.761.